The van der Waals surface area contributed by atoms with Crippen molar-refractivity contribution in [3.8, 4) is 0 Å². The zero-order chi connectivity index (χ0) is 14.4. The molecule has 102 valence electrons. The van der Waals surface area contributed by atoms with E-state index in [0.717, 1.165) is 18.2 Å². The molecule has 0 spiro atoms. The molecule has 1 amide bonds. The SMILES string of the molecule is NCCCNC(=O)c1cc([N+](=O)[O-])ccc1[N+](=O)[O-]. The van der Waals surface area contributed by atoms with Gasteiger partial charge in [0.15, 0.2) is 0 Å². The van der Waals surface area contributed by atoms with Crippen LogP contribution in [-0.2, 0) is 0 Å². The molecule has 1 aromatic carbocycles. The lowest BCUT2D eigenvalue weighted by atomic mass is 10.1. The fourth-order valence-electron chi connectivity index (χ4n) is 1.38. The van der Waals surface area contributed by atoms with Crippen LogP contribution in [0.15, 0.2) is 18.2 Å². The van der Waals surface area contributed by atoms with Crippen molar-refractivity contribution in [2.75, 3.05) is 13.1 Å². The summed E-state index contributed by atoms with van der Waals surface area (Å²) in [7, 11) is 0. The summed E-state index contributed by atoms with van der Waals surface area (Å²) in [5.74, 6) is -0.733. The number of nitrogens with two attached hydrogens (primary N) is 1. The number of hydrogen-bond acceptors (Lipinski definition) is 6. The minimum absolute atomic E-state index is 0.245. The fourth-order valence-corrected chi connectivity index (χ4v) is 1.38. The molecule has 0 heterocycles. The van der Waals surface area contributed by atoms with Gasteiger partial charge in [0.05, 0.1) is 9.85 Å². The van der Waals surface area contributed by atoms with Gasteiger partial charge in [-0.1, -0.05) is 0 Å². The number of nitrogens with one attached hydrogen (secondary N) is 1. The molecule has 1 aromatic rings. The Bertz CT molecular complexity index is 517. The van der Waals surface area contributed by atoms with E-state index in [1.54, 1.807) is 0 Å². The van der Waals surface area contributed by atoms with Crippen molar-refractivity contribution in [3.05, 3.63) is 44.0 Å². The molecular weight excluding hydrogens is 256 g/mol. The molecule has 0 atom stereocenters. The Balaban J connectivity index is 3.06. The highest BCUT2D eigenvalue weighted by Gasteiger charge is 2.23. The molecule has 1 rings (SSSR count). The number of nitrogens with zero attached hydrogens (tertiary/aromatic N) is 2. The van der Waals surface area contributed by atoms with E-state index in [-0.39, 0.29) is 17.8 Å². The second-order valence-corrected chi connectivity index (χ2v) is 3.61. The smallest absolute Gasteiger partial charge is 0.282 e. The van der Waals surface area contributed by atoms with Gasteiger partial charge in [-0.05, 0) is 13.0 Å². The van der Waals surface area contributed by atoms with Gasteiger partial charge >= 0.3 is 0 Å². The molecule has 0 bridgehead atoms. The second-order valence-electron chi connectivity index (χ2n) is 3.61. The van der Waals surface area contributed by atoms with Crippen LogP contribution in [-0.4, -0.2) is 28.8 Å². The molecule has 9 heteroatoms. The van der Waals surface area contributed by atoms with E-state index in [1.807, 2.05) is 0 Å². The number of non-ortho nitro benzene ring substituents is 1. The average molecular weight is 268 g/mol. The summed E-state index contributed by atoms with van der Waals surface area (Å²) in [6.07, 6.45) is 0.508. The molecule has 9 nitrogen and oxygen atoms in total. The zero-order valence-electron chi connectivity index (χ0n) is 9.87. The summed E-state index contributed by atoms with van der Waals surface area (Å²) in [5, 5.41) is 23.8. The Morgan fingerprint density at radius 3 is 2.47 bits per heavy atom. The third-order valence-electron chi connectivity index (χ3n) is 2.30. The maximum absolute atomic E-state index is 11.7. The largest absolute Gasteiger partial charge is 0.352 e. The average Bonchev–Trinajstić information content (AvgIpc) is 2.37. The number of carbonyl (C=O) groups is 1. The van der Waals surface area contributed by atoms with Crippen LogP contribution >= 0.6 is 0 Å². The van der Waals surface area contributed by atoms with Crippen LogP contribution in [0.1, 0.15) is 16.8 Å². The van der Waals surface area contributed by atoms with Crippen LogP contribution in [0, 0.1) is 20.2 Å². The van der Waals surface area contributed by atoms with E-state index in [9.17, 15) is 25.0 Å². The maximum atomic E-state index is 11.7. The van der Waals surface area contributed by atoms with Crippen molar-refractivity contribution < 1.29 is 14.6 Å². The number of nitro benzene ring substituents is 2. The minimum Gasteiger partial charge on any atom is -0.352 e. The van der Waals surface area contributed by atoms with E-state index in [2.05, 4.69) is 5.32 Å². The number of benzene rings is 1. The Kier molecular flexibility index (Phi) is 4.89. The van der Waals surface area contributed by atoms with Crippen molar-refractivity contribution in [2.24, 2.45) is 5.73 Å². The van der Waals surface area contributed by atoms with Crippen LogP contribution in [0.2, 0.25) is 0 Å². The summed E-state index contributed by atoms with van der Waals surface area (Å²) in [6.45, 7) is 0.604. The summed E-state index contributed by atoms with van der Waals surface area (Å²) in [6, 6.07) is 2.81. The molecule has 0 unspecified atom stereocenters. The molecule has 0 fully saturated rings. The molecule has 0 aromatic heterocycles. The Morgan fingerprint density at radius 1 is 1.26 bits per heavy atom. The predicted octanol–water partition coefficient (Wildman–Crippen LogP) is 0.582. The van der Waals surface area contributed by atoms with E-state index < -0.39 is 21.4 Å². The van der Waals surface area contributed by atoms with Gasteiger partial charge in [-0.15, -0.1) is 0 Å². The number of nitro groups is 2. The molecular formula is C10H12N4O5. The second kappa shape index (κ2) is 6.40. The van der Waals surface area contributed by atoms with Gasteiger partial charge < -0.3 is 11.1 Å². The first kappa shape index (κ1) is 14.5. The fraction of sp³-hybridized carbons (Fsp3) is 0.300. The summed E-state index contributed by atoms with van der Waals surface area (Å²) < 4.78 is 0. The third-order valence-corrected chi connectivity index (χ3v) is 2.30. The zero-order valence-corrected chi connectivity index (χ0v) is 9.87. The van der Waals surface area contributed by atoms with Crippen molar-refractivity contribution in [1.82, 2.24) is 5.32 Å². The molecule has 0 saturated carbocycles. The van der Waals surface area contributed by atoms with E-state index in [1.165, 1.54) is 0 Å². The van der Waals surface area contributed by atoms with Gasteiger partial charge in [0.2, 0.25) is 0 Å². The van der Waals surface area contributed by atoms with Crippen LogP contribution in [0.4, 0.5) is 11.4 Å². The molecule has 0 aliphatic heterocycles. The summed E-state index contributed by atoms with van der Waals surface area (Å²) >= 11 is 0. The first-order valence-electron chi connectivity index (χ1n) is 5.38. The topological polar surface area (TPSA) is 141 Å². The van der Waals surface area contributed by atoms with Crippen LogP contribution < -0.4 is 11.1 Å². The normalized spacial score (nSPS) is 9.95. The minimum atomic E-state index is -0.762. The molecule has 0 aliphatic rings. The predicted molar refractivity (Wildman–Crippen MR) is 65.8 cm³/mol. The van der Waals surface area contributed by atoms with Gasteiger partial charge in [0.25, 0.3) is 17.3 Å². The van der Waals surface area contributed by atoms with E-state index in [4.69, 9.17) is 5.73 Å². The molecule has 3 N–H and O–H groups in total. The van der Waals surface area contributed by atoms with Crippen molar-refractivity contribution >= 4 is 17.3 Å². The number of carbonyl (C=O) groups excluding carboxylic acids is 1. The lowest BCUT2D eigenvalue weighted by Crippen LogP contribution is -2.26. The van der Waals surface area contributed by atoms with Crippen molar-refractivity contribution in [1.29, 1.82) is 0 Å². The highest BCUT2D eigenvalue weighted by molar-refractivity contribution is 5.98. The highest BCUT2D eigenvalue weighted by atomic mass is 16.6. The number of amides is 1. The summed E-state index contributed by atoms with van der Waals surface area (Å²) in [4.78, 5) is 31.6. The summed E-state index contributed by atoms with van der Waals surface area (Å²) in [5.41, 5.74) is 4.05. The number of hydrogen-bond donors (Lipinski definition) is 2. The van der Waals surface area contributed by atoms with Crippen molar-refractivity contribution in [2.45, 2.75) is 6.42 Å². The van der Waals surface area contributed by atoms with Crippen LogP contribution in [0.25, 0.3) is 0 Å². The maximum Gasteiger partial charge on any atom is 0.282 e. The molecule has 0 saturated heterocycles. The van der Waals surface area contributed by atoms with Gasteiger partial charge in [0.1, 0.15) is 5.56 Å². The quantitative estimate of drug-likeness (QED) is 0.439. The Labute approximate surface area is 107 Å². The monoisotopic (exact) mass is 268 g/mol. The first-order valence-corrected chi connectivity index (χ1v) is 5.38. The Morgan fingerprint density at radius 2 is 1.95 bits per heavy atom. The number of rotatable bonds is 6. The lowest BCUT2D eigenvalue weighted by molar-refractivity contribution is -0.389. The molecule has 19 heavy (non-hydrogen) atoms. The van der Waals surface area contributed by atoms with Gasteiger partial charge in [-0.3, -0.25) is 25.0 Å². The highest BCUT2D eigenvalue weighted by Crippen LogP contribution is 2.23. The standard InChI is InChI=1S/C10H12N4O5/c11-4-1-5-12-10(15)8-6-7(13(16)17)2-3-9(8)14(18)19/h2-3,6H,1,4-5,11H2,(H,12,15). The molecule has 0 aliphatic carbocycles. The van der Waals surface area contributed by atoms with Crippen molar-refractivity contribution in [3.63, 3.8) is 0 Å². The van der Waals surface area contributed by atoms with Crippen LogP contribution in [0.3, 0.4) is 0 Å². The van der Waals surface area contributed by atoms with Gasteiger partial charge in [-0.2, -0.15) is 0 Å². The van der Waals surface area contributed by atoms with E-state index in [0.29, 0.717) is 13.0 Å². The third kappa shape index (κ3) is 3.71. The lowest BCUT2D eigenvalue weighted by Gasteiger charge is -2.04. The van der Waals surface area contributed by atoms with Crippen LogP contribution in [0.5, 0.6) is 0 Å². The Hall–Kier alpha value is -2.55. The first-order chi connectivity index (χ1) is 8.97. The van der Waals surface area contributed by atoms with E-state index >= 15 is 0 Å². The van der Waals surface area contributed by atoms with Gasteiger partial charge in [0, 0.05) is 24.7 Å². The van der Waals surface area contributed by atoms with Gasteiger partial charge in [-0.25, -0.2) is 0 Å². The molecule has 0 radical (unpaired) electrons.